The van der Waals surface area contributed by atoms with Crippen LogP contribution in [0.2, 0.25) is 0 Å². The van der Waals surface area contributed by atoms with E-state index >= 15 is 0 Å². The van der Waals surface area contributed by atoms with Gasteiger partial charge in [0.1, 0.15) is 0 Å². The second kappa shape index (κ2) is 7.80. The Morgan fingerprint density at radius 2 is 1.62 bits per heavy atom. The molecule has 0 heterocycles. The van der Waals surface area contributed by atoms with Crippen LogP contribution in [0, 0.1) is 46.3 Å². The van der Waals surface area contributed by atoms with E-state index in [9.17, 15) is 10.2 Å². The maximum Gasteiger partial charge on any atom is 0.0728 e. The van der Waals surface area contributed by atoms with Gasteiger partial charge < -0.3 is 10.2 Å². The molecule has 0 saturated heterocycles. The van der Waals surface area contributed by atoms with Gasteiger partial charge >= 0.3 is 0 Å². The normalized spacial score (nSPS) is 50.7. The summed E-state index contributed by atoms with van der Waals surface area (Å²) in [6.07, 6.45) is 14.1. The van der Waals surface area contributed by atoms with Gasteiger partial charge in [-0.25, -0.2) is 0 Å². The molecule has 4 fully saturated rings. The van der Waals surface area contributed by atoms with Crippen molar-refractivity contribution in [2.24, 2.45) is 46.3 Å². The molecule has 9 atom stereocenters. The van der Waals surface area contributed by atoms with E-state index in [1.54, 1.807) is 0 Å². The summed E-state index contributed by atoms with van der Waals surface area (Å²) in [6.45, 7) is 12.3. The van der Waals surface area contributed by atoms with Gasteiger partial charge in [0.25, 0.3) is 0 Å². The topological polar surface area (TPSA) is 40.5 Å². The van der Waals surface area contributed by atoms with E-state index in [1.165, 1.54) is 51.4 Å². The third-order valence-corrected chi connectivity index (χ3v) is 11.0. The van der Waals surface area contributed by atoms with Crippen LogP contribution >= 0.6 is 0 Å². The van der Waals surface area contributed by atoms with Crippen molar-refractivity contribution in [2.75, 3.05) is 0 Å². The van der Waals surface area contributed by atoms with Crippen LogP contribution in [0.15, 0.2) is 0 Å². The second-order valence-corrected chi connectivity index (χ2v) is 12.8. The summed E-state index contributed by atoms with van der Waals surface area (Å²) in [6, 6.07) is 0. The molecule has 0 radical (unpaired) electrons. The van der Waals surface area contributed by atoms with E-state index in [4.69, 9.17) is 0 Å². The van der Waals surface area contributed by atoms with Crippen LogP contribution in [0.1, 0.15) is 112 Å². The highest BCUT2D eigenvalue weighted by Gasteiger charge is 2.64. The van der Waals surface area contributed by atoms with Crippen molar-refractivity contribution in [3.05, 3.63) is 0 Å². The van der Waals surface area contributed by atoms with Crippen molar-refractivity contribution in [3.8, 4) is 0 Å². The molecule has 2 N–H and O–H groups in total. The molecule has 4 aliphatic carbocycles. The highest BCUT2D eigenvalue weighted by atomic mass is 16.3. The first-order valence-electron chi connectivity index (χ1n) is 13.0. The molecule has 0 amide bonds. The molecule has 4 aliphatic rings. The van der Waals surface area contributed by atoms with Gasteiger partial charge in [-0.3, -0.25) is 0 Å². The van der Waals surface area contributed by atoms with Crippen LogP contribution in [-0.2, 0) is 0 Å². The van der Waals surface area contributed by atoms with Crippen molar-refractivity contribution >= 4 is 0 Å². The summed E-state index contributed by atoms with van der Waals surface area (Å²) in [4.78, 5) is 0. The van der Waals surface area contributed by atoms with Crippen molar-refractivity contribution in [2.45, 2.75) is 123 Å². The molecule has 0 aromatic rings. The summed E-state index contributed by atoms with van der Waals surface area (Å²) < 4.78 is 0. The molecule has 2 nitrogen and oxygen atoms in total. The Labute approximate surface area is 180 Å². The summed E-state index contributed by atoms with van der Waals surface area (Å²) in [5.41, 5.74) is -0.0719. The Morgan fingerprint density at radius 3 is 2.34 bits per heavy atom. The van der Waals surface area contributed by atoms with Crippen LogP contribution in [0.5, 0.6) is 0 Å². The lowest BCUT2D eigenvalue weighted by Crippen LogP contribution is -2.62. The largest absolute Gasteiger partial charge is 0.393 e. The average Bonchev–Trinajstić information content (AvgIpc) is 2.99. The van der Waals surface area contributed by atoms with E-state index in [-0.39, 0.29) is 11.5 Å². The van der Waals surface area contributed by atoms with Gasteiger partial charge in [0.05, 0.1) is 11.7 Å². The lowest BCUT2D eigenvalue weighted by molar-refractivity contribution is -0.220. The molecule has 168 valence electrons. The number of aliphatic hydroxyl groups excluding tert-OH is 1. The predicted octanol–water partition coefficient (Wildman–Crippen LogP) is 6.58. The van der Waals surface area contributed by atoms with Crippen molar-refractivity contribution in [1.82, 2.24) is 0 Å². The number of aliphatic hydroxyl groups is 2. The first-order valence-corrected chi connectivity index (χ1v) is 13.0. The SMILES string of the molecule is CC(C)CCC[C@@H](C)[C@@H]1CC[C@@H]2[C@H]3CC[C@@]4(O)C[C@@H](O)CC[C@]4(C)[C@@H]3CC[C@]21C. The zero-order valence-corrected chi connectivity index (χ0v) is 19.9. The third kappa shape index (κ3) is 3.53. The van der Waals surface area contributed by atoms with E-state index in [2.05, 4.69) is 34.6 Å². The molecule has 2 heteroatoms. The van der Waals surface area contributed by atoms with Gasteiger partial charge in [0.15, 0.2) is 0 Å². The summed E-state index contributed by atoms with van der Waals surface area (Å²) in [5, 5.41) is 21.8. The maximum atomic E-state index is 11.6. The maximum absolute atomic E-state index is 11.6. The molecule has 0 aliphatic heterocycles. The fourth-order valence-electron chi connectivity index (χ4n) is 9.25. The molecule has 0 aromatic heterocycles. The Morgan fingerprint density at radius 1 is 0.862 bits per heavy atom. The fourth-order valence-corrected chi connectivity index (χ4v) is 9.25. The molecule has 0 spiro atoms. The second-order valence-electron chi connectivity index (χ2n) is 12.8. The Bertz CT molecular complexity index is 587. The highest BCUT2D eigenvalue weighted by Crippen LogP contribution is 2.69. The van der Waals surface area contributed by atoms with Crippen LogP contribution < -0.4 is 0 Å². The third-order valence-electron chi connectivity index (χ3n) is 11.0. The summed E-state index contributed by atoms with van der Waals surface area (Å²) >= 11 is 0. The van der Waals surface area contributed by atoms with E-state index in [0.29, 0.717) is 17.8 Å². The zero-order valence-electron chi connectivity index (χ0n) is 19.9. The first kappa shape index (κ1) is 22.1. The van der Waals surface area contributed by atoms with E-state index in [0.717, 1.165) is 48.9 Å². The quantitative estimate of drug-likeness (QED) is 0.543. The van der Waals surface area contributed by atoms with E-state index < -0.39 is 5.60 Å². The zero-order chi connectivity index (χ0) is 21.0. The van der Waals surface area contributed by atoms with Crippen molar-refractivity contribution in [1.29, 1.82) is 0 Å². The summed E-state index contributed by atoms with van der Waals surface area (Å²) in [7, 11) is 0. The van der Waals surface area contributed by atoms with E-state index in [1.807, 2.05) is 0 Å². The lowest BCUT2D eigenvalue weighted by atomic mass is 9.43. The Balaban J connectivity index is 1.49. The fraction of sp³-hybridized carbons (Fsp3) is 1.00. The van der Waals surface area contributed by atoms with Crippen LogP contribution in [-0.4, -0.2) is 21.9 Å². The van der Waals surface area contributed by atoms with Crippen molar-refractivity contribution < 1.29 is 10.2 Å². The molecular weight excluding hydrogens is 356 g/mol. The smallest absolute Gasteiger partial charge is 0.0728 e. The summed E-state index contributed by atoms with van der Waals surface area (Å²) in [5.74, 6) is 4.94. The number of rotatable bonds is 5. The molecular formula is C27H48O2. The predicted molar refractivity (Wildman–Crippen MR) is 121 cm³/mol. The minimum absolute atomic E-state index is 0.0252. The number of hydrogen-bond donors (Lipinski definition) is 2. The average molecular weight is 405 g/mol. The van der Waals surface area contributed by atoms with Crippen LogP contribution in [0.4, 0.5) is 0 Å². The standard InChI is InChI=1S/C27H48O2/c1-18(2)7-6-8-19(3)22-9-10-23-21-12-16-27(29)17-20(28)11-15-26(27,5)24(21)13-14-25(22,23)4/h18-24,28-29H,6-17H2,1-5H3/t19-,20+,21-,22+,23-,24-,25+,26-,27-/m1/s1. The van der Waals surface area contributed by atoms with Gasteiger partial charge in [0.2, 0.25) is 0 Å². The minimum Gasteiger partial charge on any atom is -0.393 e. The molecule has 0 aromatic carbocycles. The minimum atomic E-state index is -0.623. The lowest BCUT2D eigenvalue weighted by Gasteiger charge is -2.64. The number of fused-ring (bicyclic) bond motifs is 5. The van der Waals surface area contributed by atoms with Gasteiger partial charge in [-0.2, -0.15) is 0 Å². The van der Waals surface area contributed by atoms with Crippen LogP contribution in [0.25, 0.3) is 0 Å². The molecule has 4 rings (SSSR count). The molecule has 29 heavy (non-hydrogen) atoms. The first-order chi connectivity index (χ1) is 13.6. The van der Waals surface area contributed by atoms with Gasteiger partial charge in [-0.1, -0.05) is 53.9 Å². The van der Waals surface area contributed by atoms with Gasteiger partial charge in [0, 0.05) is 6.42 Å². The van der Waals surface area contributed by atoms with Gasteiger partial charge in [-0.15, -0.1) is 0 Å². The van der Waals surface area contributed by atoms with Crippen LogP contribution in [0.3, 0.4) is 0 Å². The van der Waals surface area contributed by atoms with Crippen molar-refractivity contribution in [3.63, 3.8) is 0 Å². The molecule has 0 unspecified atom stereocenters. The highest BCUT2D eigenvalue weighted by molar-refractivity contribution is 5.14. The molecule has 4 saturated carbocycles. The number of hydrogen-bond acceptors (Lipinski definition) is 2. The Kier molecular flexibility index (Phi) is 5.95. The Hall–Kier alpha value is -0.0800. The molecule has 0 bridgehead atoms. The van der Waals surface area contributed by atoms with Gasteiger partial charge in [-0.05, 0) is 97.7 Å². The monoisotopic (exact) mass is 404 g/mol.